The molecule has 0 saturated carbocycles. The minimum atomic E-state index is -0.296. The van der Waals surface area contributed by atoms with Crippen LogP contribution in [0.2, 0.25) is 0 Å². The molecule has 0 radical (unpaired) electrons. The van der Waals surface area contributed by atoms with E-state index in [4.69, 9.17) is 9.26 Å². The molecule has 0 aliphatic rings. The molecular formula is C20H16N4O3S. The number of carbonyl (C=O) groups is 1. The molecule has 7 nitrogen and oxygen atoms in total. The van der Waals surface area contributed by atoms with Crippen LogP contribution in [0.5, 0.6) is 5.75 Å². The average Bonchev–Trinajstić information content (AvgIpc) is 3.39. The monoisotopic (exact) mass is 392 g/mol. The van der Waals surface area contributed by atoms with Crippen molar-refractivity contribution in [2.45, 2.75) is 6.92 Å². The highest BCUT2D eigenvalue weighted by atomic mass is 32.1. The van der Waals surface area contributed by atoms with E-state index in [0.29, 0.717) is 28.2 Å². The normalized spacial score (nSPS) is 10.6. The molecule has 140 valence electrons. The van der Waals surface area contributed by atoms with Crippen LogP contribution < -0.4 is 10.1 Å². The number of aryl methyl sites for hydroxylation is 1. The molecule has 1 amide bonds. The third-order valence-corrected chi connectivity index (χ3v) is 4.55. The van der Waals surface area contributed by atoms with Crippen molar-refractivity contribution in [3.63, 3.8) is 0 Å². The van der Waals surface area contributed by atoms with E-state index in [-0.39, 0.29) is 12.5 Å². The van der Waals surface area contributed by atoms with Gasteiger partial charge in [0.2, 0.25) is 5.82 Å². The van der Waals surface area contributed by atoms with E-state index < -0.39 is 0 Å². The summed E-state index contributed by atoms with van der Waals surface area (Å²) in [5, 5.41) is 9.05. The summed E-state index contributed by atoms with van der Waals surface area (Å²) in [6.45, 7) is 1.85. The number of nitrogens with zero attached hydrogens (tertiary/aromatic N) is 3. The van der Waals surface area contributed by atoms with Gasteiger partial charge in [0.25, 0.3) is 11.8 Å². The van der Waals surface area contributed by atoms with Crippen LogP contribution in [-0.2, 0) is 4.79 Å². The van der Waals surface area contributed by atoms with E-state index in [2.05, 4.69) is 20.4 Å². The van der Waals surface area contributed by atoms with Gasteiger partial charge in [-0.05, 0) is 25.1 Å². The van der Waals surface area contributed by atoms with Crippen molar-refractivity contribution >= 4 is 22.4 Å². The molecule has 0 bridgehead atoms. The minimum Gasteiger partial charge on any atom is -0.483 e. The number of rotatable bonds is 6. The highest BCUT2D eigenvalue weighted by Crippen LogP contribution is 2.30. The van der Waals surface area contributed by atoms with Gasteiger partial charge in [-0.3, -0.25) is 10.1 Å². The fourth-order valence-electron chi connectivity index (χ4n) is 2.59. The lowest BCUT2D eigenvalue weighted by Crippen LogP contribution is -2.20. The van der Waals surface area contributed by atoms with Gasteiger partial charge in [0.1, 0.15) is 5.75 Å². The smallest absolute Gasteiger partial charge is 0.264 e. The van der Waals surface area contributed by atoms with Crippen LogP contribution in [0.4, 0.5) is 5.13 Å². The molecule has 2 aromatic heterocycles. The first-order chi connectivity index (χ1) is 13.7. The highest BCUT2D eigenvalue weighted by Gasteiger charge is 2.16. The number of aromatic nitrogens is 3. The Bertz CT molecular complexity index is 1090. The third kappa shape index (κ3) is 4.07. The van der Waals surface area contributed by atoms with Gasteiger partial charge in [-0.25, -0.2) is 4.98 Å². The Morgan fingerprint density at radius 2 is 2.11 bits per heavy atom. The predicted octanol–water partition coefficient (Wildman–Crippen LogP) is 4.19. The second-order valence-electron chi connectivity index (χ2n) is 5.96. The first kappa shape index (κ1) is 17.9. The van der Waals surface area contributed by atoms with Crippen LogP contribution in [0.3, 0.4) is 0 Å². The zero-order valence-corrected chi connectivity index (χ0v) is 15.8. The van der Waals surface area contributed by atoms with Gasteiger partial charge in [-0.1, -0.05) is 41.1 Å². The van der Waals surface area contributed by atoms with E-state index in [1.54, 1.807) is 17.6 Å². The lowest BCUT2D eigenvalue weighted by atomic mass is 10.1. The number of hydrogen-bond donors (Lipinski definition) is 1. The molecule has 4 rings (SSSR count). The Hall–Kier alpha value is -3.52. The number of ether oxygens (including phenoxy) is 1. The van der Waals surface area contributed by atoms with Crippen molar-refractivity contribution in [3.05, 3.63) is 65.7 Å². The molecule has 4 aromatic rings. The maximum Gasteiger partial charge on any atom is 0.264 e. The first-order valence-electron chi connectivity index (χ1n) is 8.51. The minimum absolute atomic E-state index is 0.157. The van der Waals surface area contributed by atoms with Gasteiger partial charge < -0.3 is 9.26 Å². The third-order valence-electron chi connectivity index (χ3n) is 3.86. The molecule has 0 saturated heterocycles. The van der Waals surface area contributed by atoms with Crippen molar-refractivity contribution < 1.29 is 14.1 Å². The van der Waals surface area contributed by atoms with Crippen LogP contribution in [0.1, 0.15) is 5.56 Å². The quantitative estimate of drug-likeness (QED) is 0.529. The Labute approximate surface area is 165 Å². The van der Waals surface area contributed by atoms with E-state index >= 15 is 0 Å². The van der Waals surface area contributed by atoms with E-state index in [1.165, 1.54) is 11.3 Å². The van der Waals surface area contributed by atoms with Crippen LogP contribution in [-0.4, -0.2) is 27.6 Å². The fraction of sp³-hybridized carbons (Fsp3) is 0.100. The molecule has 0 fully saturated rings. The Balaban J connectivity index is 1.51. The van der Waals surface area contributed by atoms with Crippen LogP contribution in [0.15, 0.2) is 64.6 Å². The summed E-state index contributed by atoms with van der Waals surface area (Å²) in [5.74, 6) is 1.01. The van der Waals surface area contributed by atoms with Gasteiger partial charge in [-0.2, -0.15) is 4.98 Å². The zero-order valence-electron chi connectivity index (χ0n) is 15.0. The molecule has 0 aliphatic heterocycles. The number of para-hydroxylation sites is 1. The van der Waals surface area contributed by atoms with Gasteiger partial charge in [0.05, 0.1) is 5.56 Å². The largest absolute Gasteiger partial charge is 0.483 e. The second kappa shape index (κ2) is 8.01. The second-order valence-corrected chi connectivity index (χ2v) is 6.86. The predicted molar refractivity (Wildman–Crippen MR) is 106 cm³/mol. The van der Waals surface area contributed by atoms with E-state index in [1.807, 2.05) is 49.4 Å². The van der Waals surface area contributed by atoms with Gasteiger partial charge >= 0.3 is 0 Å². The number of anilines is 1. The maximum atomic E-state index is 12.0. The molecule has 2 aromatic carbocycles. The SMILES string of the molecule is Cc1cccc(-c2noc(-c3ccccc3OCC(=O)Nc3nccs3)n2)c1. The number of amides is 1. The molecule has 0 aliphatic carbocycles. The number of carbonyl (C=O) groups excluding carboxylic acids is 1. The van der Waals surface area contributed by atoms with Gasteiger partial charge in [0.15, 0.2) is 11.7 Å². The summed E-state index contributed by atoms with van der Waals surface area (Å²) in [7, 11) is 0. The van der Waals surface area contributed by atoms with Crippen LogP contribution in [0, 0.1) is 6.92 Å². The van der Waals surface area contributed by atoms with Crippen LogP contribution in [0.25, 0.3) is 22.8 Å². The number of hydrogen-bond acceptors (Lipinski definition) is 7. The molecule has 0 unspecified atom stereocenters. The van der Waals surface area contributed by atoms with Crippen LogP contribution >= 0.6 is 11.3 Å². The lowest BCUT2D eigenvalue weighted by Gasteiger charge is -2.08. The Morgan fingerprint density at radius 3 is 2.93 bits per heavy atom. The fourth-order valence-corrected chi connectivity index (χ4v) is 3.13. The van der Waals surface area contributed by atoms with Crippen molar-refractivity contribution in [1.29, 1.82) is 0 Å². The summed E-state index contributed by atoms with van der Waals surface area (Å²) in [6.07, 6.45) is 1.62. The number of nitrogens with one attached hydrogen (secondary N) is 1. The van der Waals surface area contributed by atoms with Crippen molar-refractivity contribution in [1.82, 2.24) is 15.1 Å². The van der Waals surface area contributed by atoms with E-state index in [9.17, 15) is 4.79 Å². The standard InChI is InChI=1S/C20H16N4O3S/c1-13-5-4-6-14(11-13)18-23-19(27-24-18)15-7-2-3-8-16(15)26-12-17(25)22-20-21-9-10-28-20/h2-11H,12H2,1H3,(H,21,22,25). The molecule has 0 atom stereocenters. The lowest BCUT2D eigenvalue weighted by molar-refractivity contribution is -0.118. The first-order valence-corrected chi connectivity index (χ1v) is 9.39. The summed E-state index contributed by atoms with van der Waals surface area (Å²) in [6, 6.07) is 15.1. The van der Waals surface area contributed by atoms with Crippen molar-refractivity contribution in [3.8, 4) is 28.6 Å². The Kier molecular flexibility index (Phi) is 5.11. The Morgan fingerprint density at radius 1 is 1.21 bits per heavy atom. The summed E-state index contributed by atoms with van der Waals surface area (Å²) >= 11 is 1.34. The molecule has 8 heteroatoms. The molecule has 2 heterocycles. The highest BCUT2D eigenvalue weighted by molar-refractivity contribution is 7.13. The topological polar surface area (TPSA) is 90.1 Å². The molecular weight excluding hydrogens is 376 g/mol. The number of benzene rings is 2. The van der Waals surface area contributed by atoms with Gasteiger partial charge in [0, 0.05) is 17.1 Å². The van der Waals surface area contributed by atoms with Crippen molar-refractivity contribution in [2.75, 3.05) is 11.9 Å². The summed E-state index contributed by atoms with van der Waals surface area (Å²) < 4.78 is 11.1. The molecule has 0 spiro atoms. The molecule has 28 heavy (non-hydrogen) atoms. The number of thiazole rings is 1. The summed E-state index contributed by atoms with van der Waals surface area (Å²) in [5.41, 5.74) is 2.60. The molecule has 1 N–H and O–H groups in total. The van der Waals surface area contributed by atoms with Gasteiger partial charge in [-0.15, -0.1) is 11.3 Å². The maximum absolute atomic E-state index is 12.0. The van der Waals surface area contributed by atoms with E-state index in [0.717, 1.165) is 11.1 Å². The zero-order chi connectivity index (χ0) is 19.3. The summed E-state index contributed by atoms with van der Waals surface area (Å²) in [4.78, 5) is 20.5. The van der Waals surface area contributed by atoms with Crippen molar-refractivity contribution in [2.24, 2.45) is 0 Å². The average molecular weight is 392 g/mol.